The van der Waals surface area contributed by atoms with Gasteiger partial charge in [0, 0.05) is 50.7 Å². The second kappa shape index (κ2) is 10.0. The van der Waals surface area contributed by atoms with Gasteiger partial charge in [0.2, 0.25) is 0 Å². The molecule has 8 heteroatoms. The molecule has 0 N–H and O–H groups in total. The van der Waals surface area contributed by atoms with Crippen LogP contribution in [0.3, 0.4) is 0 Å². The fourth-order valence-corrected chi connectivity index (χ4v) is 4.59. The lowest BCUT2D eigenvalue weighted by Crippen LogP contribution is -2.20. The highest BCUT2D eigenvalue weighted by molar-refractivity contribution is 5.84. The van der Waals surface area contributed by atoms with E-state index in [1.54, 1.807) is 24.4 Å². The largest absolute Gasteiger partial charge is 0.455 e. The number of benzene rings is 2. The van der Waals surface area contributed by atoms with Crippen LogP contribution in [0.5, 0.6) is 11.5 Å². The van der Waals surface area contributed by atoms with Crippen LogP contribution in [0.15, 0.2) is 79.3 Å². The first-order chi connectivity index (χ1) is 18.5. The highest BCUT2D eigenvalue weighted by atomic mass is 19.1. The number of hydrogen-bond acceptors (Lipinski definition) is 6. The third-order valence-corrected chi connectivity index (χ3v) is 6.87. The lowest BCUT2D eigenvalue weighted by atomic mass is 9.92. The van der Waals surface area contributed by atoms with Crippen LogP contribution in [0.2, 0.25) is 0 Å². The Kier molecular flexibility index (Phi) is 6.72. The van der Waals surface area contributed by atoms with E-state index in [2.05, 4.69) is 32.3 Å². The van der Waals surface area contributed by atoms with Crippen LogP contribution in [0.25, 0.3) is 5.69 Å². The molecular weight excluding hydrogens is 493 g/mol. The Bertz CT molecular complexity index is 1560. The van der Waals surface area contributed by atoms with E-state index in [1.165, 1.54) is 6.07 Å². The van der Waals surface area contributed by atoms with E-state index in [4.69, 9.17) is 9.84 Å². The molecule has 0 aliphatic carbocycles. The zero-order valence-corrected chi connectivity index (χ0v) is 22.9. The van der Waals surface area contributed by atoms with E-state index in [-0.39, 0.29) is 24.0 Å². The molecule has 0 atom stereocenters. The molecule has 0 bridgehead atoms. The molecule has 2 aromatic heterocycles. The molecular formula is C31H32FN5O2. The maximum atomic E-state index is 15.1. The summed E-state index contributed by atoms with van der Waals surface area (Å²) in [4.78, 5) is 21.3. The van der Waals surface area contributed by atoms with Crippen molar-refractivity contribution in [1.82, 2.24) is 14.8 Å². The predicted octanol–water partition coefficient (Wildman–Crippen LogP) is 6.21. The van der Waals surface area contributed by atoms with Crippen molar-refractivity contribution in [2.75, 3.05) is 23.9 Å². The molecule has 0 spiro atoms. The molecule has 0 unspecified atom stereocenters. The zero-order valence-electron chi connectivity index (χ0n) is 22.9. The number of fused-ring (bicyclic) bond motifs is 1. The Labute approximate surface area is 228 Å². The number of ether oxygens (including phenoxy) is 1. The second-order valence-corrected chi connectivity index (χ2v) is 10.8. The summed E-state index contributed by atoms with van der Waals surface area (Å²) in [6.07, 6.45) is 1.75. The van der Waals surface area contributed by atoms with Crippen molar-refractivity contribution in [3.05, 3.63) is 102 Å². The highest BCUT2D eigenvalue weighted by Gasteiger charge is 2.30. The standard InChI is InChI=1S/C31H32FN5O2/c1-20-35(5)29-27(14-15-33-30(29)36(20)6)39-25-13-12-21(26(32)19-25)16-24(38)17-23-18-28(31(2,3)4)34-37(23)22-10-8-7-9-11-22/h7-15,18-19H,1,16-17H2,2-6H3. The quantitative estimate of drug-likeness (QED) is 0.286. The molecule has 0 radical (unpaired) electrons. The normalized spacial score (nSPS) is 13.1. The molecule has 1 aliphatic rings. The number of aromatic nitrogens is 3. The minimum absolute atomic E-state index is 0.0328. The Morgan fingerprint density at radius 3 is 2.44 bits per heavy atom. The number of nitrogens with zero attached hydrogens (tertiary/aromatic N) is 5. The average molecular weight is 526 g/mol. The summed E-state index contributed by atoms with van der Waals surface area (Å²) in [5.74, 6) is 1.76. The van der Waals surface area contributed by atoms with Crippen LogP contribution in [0, 0.1) is 5.82 Å². The number of Topliss-reactive ketones (excluding diaryl/α,β-unsaturated/α-hetero) is 1. The summed E-state index contributed by atoms with van der Waals surface area (Å²) >= 11 is 0. The van der Waals surface area contributed by atoms with Crippen molar-refractivity contribution in [1.29, 1.82) is 0 Å². The number of halogens is 1. The number of carbonyl (C=O) groups is 1. The Balaban J connectivity index is 1.33. The minimum Gasteiger partial charge on any atom is -0.455 e. The van der Waals surface area contributed by atoms with Crippen LogP contribution in [-0.4, -0.2) is 34.6 Å². The van der Waals surface area contributed by atoms with Crippen LogP contribution in [0.1, 0.15) is 37.7 Å². The van der Waals surface area contributed by atoms with Crippen molar-refractivity contribution in [3.63, 3.8) is 0 Å². The molecule has 0 amide bonds. The fraction of sp³-hybridized carbons (Fsp3) is 0.258. The lowest BCUT2D eigenvalue weighted by molar-refractivity contribution is -0.117. The maximum Gasteiger partial charge on any atom is 0.161 e. The smallest absolute Gasteiger partial charge is 0.161 e. The van der Waals surface area contributed by atoms with Gasteiger partial charge < -0.3 is 14.5 Å². The number of para-hydroxylation sites is 1. The van der Waals surface area contributed by atoms with Crippen molar-refractivity contribution < 1.29 is 13.9 Å². The molecule has 2 aromatic carbocycles. The molecule has 5 rings (SSSR count). The van der Waals surface area contributed by atoms with Crippen LogP contribution < -0.4 is 14.5 Å². The third kappa shape index (κ3) is 5.14. The first kappa shape index (κ1) is 26.2. The maximum absolute atomic E-state index is 15.1. The van der Waals surface area contributed by atoms with Gasteiger partial charge in [-0.25, -0.2) is 14.1 Å². The first-order valence-electron chi connectivity index (χ1n) is 12.8. The van der Waals surface area contributed by atoms with E-state index in [0.29, 0.717) is 22.9 Å². The van der Waals surface area contributed by atoms with Crippen LogP contribution in [-0.2, 0) is 23.1 Å². The summed E-state index contributed by atoms with van der Waals surface area (Å²) < 4.78 is 23.0. The van der Waals surface area contributed by atoms with Gasteiger partial charge in [-0.1, -0.05) is 51.6 Å². The molecule has 3 heterocycles. The number of pyridine rings is 1. The van der Waals surface area contributed by atoms with Gasteiger partial charge in [-0.2, -0.15) is 5.10 Å². The lowest BCUT2D eigenvalue weighted by Gasteiger charge is -2.17. The molecule has 4 aromatic rings. The van der Waals surface area contributed by atoms with Gasteiger partial charge >= 0.3 is 0 Å². The Hall–Kier alpha value is -4.46. The van der Waals surface area contributed by atoms with Gasteiger partial charge in [0.1, 0.15) is 28.9 Å². The van der Waals surface area contributed by atoms with Crippen LogP contribution in [0.4, 0.5) is 15.9 Å². The molecule has 7 nitrogen and oxygen atoms in total. The van der Waals surface area contributed by atoms with E-state index in [0.717, 1.165) is 28.6 Å². The fourth-order valence-electron chi connectivity index (χ4n) is 4.59. The second-order valence-electron chi connectivity index (χ2n) is 10.8. The zero-order chi connectivity index (χ0) is 27.9. The molecule has 39 heavy (non-hydrogen) atoms. The molecule has 200 valence electrons. The van der Waals surface area contributed by atoms with Gasteiger partial charge in [-0.05, 0) is 29.8 Å². The number of anilines is 2. The van der Waals surface area contributed by atoms with Crippen molar-refractivity contribution in [2.24, 2.45) is 0 Å². The number of ketones is 1. The summed E-state index contributed by atoms with van der Waals surface area (Å²) in [5.41, 5.74) is 3.45. The first-order valence-corrected chi connectivity index (χ1v) is 12.8. The number of hydrogen-bond donors (Lipinski definition) is 0. The van der Waals surface area contributed by atoms with Crippen molar-refractivity contribution in [3.8, 4) is 17.2 Å². The highest BCUT2D eigenvalue weighted by Crippen LogP contribution is 2.45. The number of rotatable bonds is 7. The summed E-state index contributed by atoms with van der Waals surface area (Å²) in [5, 5.41) is 4.78. The van der Waals surface area contributed by atoms with Gasteiger partial charge in [0.25, 0.3) is 0 Å². The SMILES string of the molecule is C=C1N(C)c2nccc(Oc3ccc(CC(=O)Cc4cc(C(C)(C)C)nn4-c4ccccc4)c(F)c3)c2N1C. The average Bonchev–Trinajstić information content (AvgIpc) is 3.42. The summed E-state index contributed by atoms with van der Waals surface area (Å²) in [6.45, 7) is 10.3. The minimum atomic E-state index is -0.492. The van der Waals surface area contributed by atoms with Gasteiger partial charge in [-0.15, -0.1) is 0 Å². The van der Waals surface area contributed by atoms with E-state index in [1.807, 2.05) is 65.0 Å². The van der Waals surface area contributed by atoms with E-state index >= 15 is 4.39 Å². The van der Waals surface area contributed by atoms with Gasteiger partial charge in [0.05, 0.1) is 17.1 Å². The van der Waals surface area contributed by atoms with E-state index in [9.17, 15) is 4.79 Å². The van der Waals surface area contributed by atoms with Crippen LogP contribution >= 0.6 is 0 Å². The van der Waals surface area contributed by atoms with Crippen molar-refractivity contribution >= 4 is 17.3 Å². The predicted molar refractivity (Wildman–Crippen MR) is 151 cm³/mol. The monoisotopic (exact) mass is 525 g/mol. The molecule has 0 saturated heterocycles. The molecule has 0 saturated carbocycles. The Morgan fingerprint density at radius 1 is 1.00 bits per heavy atom. The topological polar surface area (TPSA) is 63.5 Å². The van der Waals surface area contributed by atoms with Crippen molar-refractivity contribution in [2.45, 2.75) is 39.0 Å². The van der Waals surface area contributed by atoms with Gasteiger partial charge in [0.15, 0.2) is 11.6 Å². The van der Waals surface area contributed by atoms with Gasteiger partial charge in [-0.3, -0.25) is 4.79 Å². The number of carbonyl (C=O) groups excluding carboxylic acids is 1. The Morgan fingerprint density at radius 2 is 1.74 bits per heavy atom. The molecule has 0 fully saturated rings. The van der Waals surface area contributed by atoms with E-state index < -0.39 is 5.82 Å². The summed E-state index contributed by atoms with van der Waals surface area (Å²) in [7, 11) is 3.76. The summed E-state index contributed by atoms with van der Waals surface area (Å²) in [6, 6.07) is 18.0. The molecule has 1 aliphatic heterocycles. The third-order valence-electron chi connectivity index (χ3n) is 6.87.